The SMILES string of the molecule is CCCCC1(c2ccccc2)NC(=O)N(CC(=O)c2ccc(CCNC(C)=O)s2)C1=O. The normalized spacial score (nSPS) is 18.2. The average molecular weight is 442 g/mol. The molecule has 1 fully saturated rings. The molecule has 0 saturated carbocycles. The van der Waals surface area contributed by atoms with Crippen LogP contribution >= 0.6 is 11.3 Å². The van der Waals surface area contributed by atoms with E-state index in [0.29, 0.717) is 24.3 Å². The van der Waals surface area contributed by atoms with Crippen LogP contribution in [0.25, 0.3) is 0 Å². The molecule has 31 heavy (non-hydrogen) atoms. The molecule has 0 spiro atoms. The molecular formula is C23H27N3O4S. The smallest absolute Gasteiger partial charge is 0.325 e. The van der Waals surface area contributed by atoms with E-state index < -0.39 is 11.6 Å². The number of Topliss-reactive ketones (excluding diaryl/α,β-unsaturated/α-hetero) is 1. The fourth-order valence-corrected chi connectivity index (χ4v) is 4.63. The van der Waals surface area contributed by atoms with E-state index in [1.54, 1.807) is 6.07 Å². The van der Waals surface area contributed by atoms with Crippen molar-refractivity contribution in [1.29, 1.82) is 0 Å². The van der Waals surface area contributed by atoms with Crippen LogP contribution in [0.2, 0.25) is 0 Å². The maximum absolute atomic E-state index is 13.4. The van der Waals surface area contributed by atoms with Crippen LogP contribution in [0.1, 0.15) is 53.2 Å². The van der Waals surface area contributed by atoms with Crippen LogP contribution in [-0.2, 0) is 21.5 Å². The Hall–Kier alpha value is -3.00. The van der Waals surface area contributed by atoms with Crippen LogP contribution in [-0.4, -0.2) is 41.6 Å². The fraction of sp³-hybridized carbons (Fsp3) is 0.391. The molecule has 1 unspecified atom stereocenters. The number of amides is 4. The molecule has 8 heteroatoms. The number of hydrogen-bond donors (Lipinski definition) is 2. The van der Waals surface area contributed by atoms with Crippen molar-refractivity contribution in [1.82, 2.24) is 15.5 Å². The molecule has 1 saturated heterocycles. The van der Waals surface area contributed by atoms with Gasteiger partial charge in [-0.25, -0.2) is 4.79 Å². The number of nitrogens with one attached hydrogen (secondary N) is 2. The summed E-state index contributed by atoms with van der Waals surface area (Å²) in [6.07, 6.45) is 2.75. The van der Waals surface area contributed by atoms with Crippen molar-refractivity contribution >= 4 is 35.0 Å². The lowest BCUT2D eigenvalue weighted by Gasteiger charge is -2.27. The molecule has 1 aliphatic rings. The summed E-state index contributed by atoms with van der Waals surface area (Å²) in [7, 11) is 0. The van der Waals surface area contributed by atoms with Gasteiger partial charge < -0.3 is 10.6 Å². The van der Waals surface area contributed by atoms with E-state index >= 15 is 0 Å². The third-order valence-corrected chi connectivity index (χ3v) is 6.52. The fourth-order valence-electron chi connectivity index (χ4n) is 3.69. The second-order valence-electron chi connectivity index (χ2n) is 7.62. The second kappa shape index (κ2) is 9.87. The summed E-state index contributed by atoms with van der Waals surface area (Å²) >= 11 is 1.32. The number of ketones is 1. The van der Waals surface area contributed by atoms with E-state index in [2.05, 4.69) is 10.6 Å². The number of nitrogens with zero attached hydrogens (tertiary/aromatic N) is 1. The third kappa shape index (κ3) is 5.02. The molecule has 2 aromatic rings. The standard InChI is InChI=1S/C23H27N3O4S/c1-3-4-13-23(17-8-6-5-7-9-17)21(29)26(22(30)25-23)15-19(28)20-11-10-18(31-20)12-14-24-16(2)27/h5-11H,3-4,12-15H2,1-2H3,(H,24,27)(H,25,30). The van der Waals surface area contributed by atoms with E-state index in [9.17, 15) is 19.2 Å². The van der Waals surface area contributed by atoms with Crippen molar-refractivity contribution in [2.75, 3.05) is 13.1 Å². The lowest BCUT2D eigenvalue weighted by molar-refractivity contribution is -0.131. The Bertz CT molecular complexity index is 972. The molecule has 4 amide bonds. The Morgan fingerprint density at radius 2 is 1.87 bits per heavy atom. The molecule has 0 aliphatic carbocycles. The van der Waals surface area contributed by atoms with Gasteiger partial charge in [0.1, 0.15) is 5.54 Å². The molecule has 1 aliphatic heterocycles. The number of thiophene rings is 1. The van der Waals surface area contributed by atoms with Gasteiger partial charge in [0, 0.05) is 18.3 Å². The van der Waals surface area contributed by atoms with Gasteiger partial charge in [0.15, 0.2) is 5.78 Å². The molecule has 3 rings (SSSR count). The van der Waals surface area contributed by atoms with Gasteiger partial charge in [0.25, 0.3) is 5.91 Å². The minimum Gasteiger partial charge on any atom is -0.356 e. The van der Waals surface area contributed by atoms with Crippen LogP contribution in [0.15, 0.2) is 42.5 Å². The van der Waals surface area contributed by atoms with E-state index in [4.69, 9.17) is 0 Å². The predicted molar refractivity (Wildman–Crippen MR) is 119 cm³/mol. The minimum atomic E-state index is -1.13. The maximum Gasteiger partial charge on any atom is 0.325 e. The van der Waals surface area contributed by atoms with Crippen molar-refractivity contribution in [3.63, 3.8) is 0 Å². The third-order valence-electron chi connectivity index (χ3n) is 5.33. The van der Waals surface area contributed by atoms with Gasteiger partial charge in [-0.1, -0.05) is 50.1 Å². The van der Waals surface area contributed by atoms with E-state index in [0.717, 1.165) is 28.2 Å². The number of carbonyl (C=O) groups excluding carboxylic acids is 4. The number of hydrogen-bond acceptors (Lipinski definition) is 5. The zero-order valence-electron chi connectivity index (χ0n) is 17.8. The number of unbranched alkanes of at least 4 members (excludes halogenated alkanes) is 1. The van der Waals surface area contributed by atoms with Gasteiger partial charge in [0.2, 0.25) is 5.91 Å². The first kappa shape index (κ1) is 22.7. The van der Waals surface area contributed by atoms with Crippen LogP contribution in [0.3, 0.4) is 0 Å². The Morgan fingerprint density at radius 1 is 1.13 bits per heavy atom. The zero-order valence-corrected chi connectivity index (χ0v) is 18.6. The summed E-state index contributed by atoms with van der Waals surface area (Å²) in [6.45, 7) is 3.68. The lowest BCUT2D eigenvalue weighted by Crippen LogP contribution is -2.44. The molecular weight excluding hydrogens is 414 g/mol. The van der Waals surface area contributed by atoms with Gasteiger partial charge in [-0.3, -0.25) is 19.3 Å². The molecule has 1 aromatic heterocycles. The lowest BCUT2D eigenvalue weighted by atomic mass is 9.85. The summed E-state index contributed by atoms with van der Waals surface area (Å²) in [5.74, 6) is -0.761. The first-order valence-electron chi connectivity index (χ1n) is 10.4. The number of carbonyl (C=O) groups is 4. The van der Waals surface area contributed by atoms with Crippen LogP contribution in [0, 0.1) is 0 Å². The molecule has 2 heterocycles. The van der Waals surface area contributed by atoms with Gasteiger partial charge >= 0.3 is 6.03 Å². The first-order chi connectivity index (χ1) is 14.9. The number of rotatable bonds is 10. The monoisotopic (exact) mass is 441 g/mol. The molecule has 0 radical (unpaired) electrons. The van der Waals surface area contributed by atoms with Crippen molar-refractivity contribution in [2.45, 2.75) is 45.1 Å². The van der Waals surface area contributed by atoms with Gasteiger partial charge in [-0.2, -0.15) is 0 Å². The van der Waals surface area contributed by atoms with Crippen molar-refractivity contribution in [3.8, 4) is 0 Å². The molecule has 7 nitrogen and oxygen atoms in total. The highest BCUT2D eigenvalue weighted by Crippen LogP contribution is 2.34. The topological polar surface area (TPSA) is 95.6 Å². The maximum atomic E-state index is 13.4. The molecule has 2 N–H and O–H groups in total. The molecule has 0 bridgehead atoms. The summed E-state index contributed by atoms with van der Waals surface area (Å²) in [5, 5.41) is 5.59. The second-order valence-corrected chi connectivity index (χ2v) is 8.79. The van der Waals surface area contributed by atoms with E-state index in [1.807, 2.05) is 43.3 Å². The quantitative estimate of drug-likeness (QED) is 0.437. The number of benzene rings is 1. The molecule has 164 valence electrons. The predicted octanol–water partition coefficient (Wildman–Crippen LogP) is 3.25. The number of urea groups is 1. The first-order valence-corrected chi connectivity index (χ1v) is 11.2. The van der Waals surface area contributed by atoms with Crippen molar-refractivity contribution in [3.05, 3.63) is 57.8 Å². The van der Waals surface area contributed by atoms with E-state index in [1.165, 1.54) is 18.3 Å². The Labute approximate surface area is 185 Å². The minimum absolute atomic E-state index is 0.101. The van der Waals surface area contributed by atoms with Crippen LogP contribution < -0.4 is 10.6 Å². The number of imide groups is 1. The molecule has 1 aromatic carbocycles. The largest absolute Gasteiger partial charge is 0.356 e. The van der Waals surface area contributed by atoms with Crippen molar-refractivity contribution < 1.29 is 19.2 Å². The Kier molecular flexibility index (Phi) is 7.22. The Morgan fingerprint density at radius 3 is 2.55 bits per heavy atom. The molecule has 1 atom stereocenters. The van der Waals surface area contributed by atoms with Crippen molar-refractivity contribution in [2.24, 2.45) is 0 Å². The van der Waals surface area contributed by atoms with Crippen LogP contribution in [0.5, 0.6) is 0 Å². The zero-order chi connectivity index (χ0) is 22.4. The highest BCUT2D eigenvalue weighted by molar-refractivity contribution is 7.14. The van der Waals surface area contributed by atoms with Crippen LogP contribution in [0.4, 0.5) is 4.79 Å². The summed E-state index contributed by atoms with van der Waals surface area (Å²) in [6, 6.07) is 12.2. The highest BCUT2D eigenvalue weighted by atomic mass is 32.1. The van der Waals surface area contributed by atoms with Gasteiger partial charge in [-0.15, -0.1) is 11.3 Å². The van der Waals surface area contributed by atoms with E-state index in [-0.39, 0.29) is 24.1 Å². The average Bonchev–Trinajstić information content (AvgIpc) is 3.32. The van der Waals surface area contributed by atoms with Gasteiger partial charge in [-0.05, 0) is 30.5 Å². The highest BCUT2D eigenvalue weighted by Gasteiger charge is 2.52. The summed E-state index contributed by atoms with van der Waals surface area (Å²) in [5.41, 5.74) is -0.402. The summed E-state index contributed by atoms with van der Waals surface area (Å²) in [4.78, 5) is 52.4. The Balaban J connectivity index is 1.74. The summed E-state index contributed by atoms with van der Waals surface area (Å²) < 4.78 is 0. The van der Waals surface area contributed by atoms with Gasteiger partial charge in [0.05, 0.1) is 11.4 Å².